The minimum absolute atomic E-state index is 0.0121. The summed E-state index contributed by atoms with van der Waals surface area (Å²) in [7, 11) is -3.86. The summed E-state index contributed by atoms with van der Waals surface area (Å²) in [6.45, 7) is 1.71. The van der Waals surface area contributed by atoms with Crippen molar-refractivity contribution in [1.29, 1.82) is 0 Å². The van der Waals surface area contributed by atoms with Crippen LogP contribution >= 0.6 is 0 Å². The van der Waals surface area contributed by atoms with Crippen molar-refractivity contribution >= 4 is 21.7 Å². The lowest BCUT2D eigenvalue weighted by molar-refractivity contribution is 0.0448. The second-order valence-corrected chi connectivity index (χ2v) is 9.24. The number of rotatable bonds is 7. The minimum atomic E-state index is -3.86. The zero-order valence-corrected chi connectivity index (χ0v) is 18.2. The van der Waals surface area contributed by atoms with Crippen molar-refractivity contribution in [2.24, 2.45) is 0 Å². The van der Waals surface area contributed by atoms with Crippen LogP contribution in [-0.2, 0) is 21.2 Å². The predicted molar refractivity (Wildman–Crippen MR) is 118 cm³/mol. The molecular weight excluding hydrogens is 433 g/mol. The summed E-state index contributed by atoms with van der Waals surface area (Å²) in [5, 5.41) is 0. The van der Waals surface area contributed by atoms with Crippen LogP contribution < -0.4 is 9.04 Å². The third-order valence-corrected chi connectivity index (χ3v) is 7.11. The molecule has 0 aromatic heterocycles. The first kappa shape index (κ1) is 21.8. The number of benzene rings is 3. The molecule has 3 aromatic rings. The van der Waals surface area contributed by atoms with E-state index in [0.717, 1.165) is 5.56 Å². The number of carbonyl (C=O) groups excluding carboxylic acids is 1. The van der Waals surface area contributed by atoms with E-state index in [1.54, 1.807) is 24.3 Å². The molecule has 0 saturated heterocycles. The zero-order chi connectivity index (χ0) is 22.7. The Balaban J connectivity index is 1.45. The van der Waals surface area contributed by atoms with Gasteiger partial charge in [-0.05, 0) is 55.3 Å². The summed E-state index contributed by atoms with van der Waals surface area (Å²) in [5.74, 6) is -1.12. The van der Waals surface area contributed by atoms with Crippen LogP contribution in [0.4, 0.5) is 10.1 Å². The minimum Gasteiger partial charge on any atom is -0.487 e. The first-order chi connectivity index (χ1) is 15.4. The number of hydrogen-bond donors (Lipinski definition) is 0. The van der Waals surface area contributed by atoms with E-state index in [1.807, 2.05) is 19.1 Å². The molecule has 1 heterocycles. The van der Waals surface area contributed by atoms with E-state index >= 15 is 0 Å². The Hall–Kier alpha value is -3.39. The largest absolute Gasteiger partial charge is 0.487 e. The van der Waals surface area contributed by atoms with Gasteiger partial charge in [0.2, 0.25) is 0 Å². The lowest BCUT2D eigenvalue weighted by atomic mass is 10.1. The fraction of sp³-hybridized carbons (Fsp3) is 0.208. The summed E-state index contributed by atoms with van der Waals surface area (Å²) in [6.07, 6.45) is 0.624. The fourth-order valence-corrected chi connectivity index (χ4v) is 5.47. The van der Waals surface area contributed by atoms with Crippen molar-refractivity contribution in [2.45, 2.75) is 24.3 Å². The number of sulfonamides is 1. The normalized spacial score (nSPS) is 15.3. The summed E-state index contributed by atoms with van der Waals surface area (Å²) in [5.41, 5.74) is 1.73. The number of nitrogens with zero attached hydrogens (tertiary/aromatic N) is 1. The second-order valence-electron chi connectivity index (χ2n) is 7.43. The molecule has 6 nitrogen and oxygen atoms in total. The van der Waals surface area contributed by atoms with Gasteiger partial charge in [0, 0.05) is 6.04 Å². The highest BCUT2D eigenvalue weighted by atomic mass is 32.2. The number of esters is 1. The van der Waals surface area contributed by atoms with Gasteiger partial charge in [-0.3, -0.25) is 4.31 Å². The van der Waals surface area contributed by atoms with Crippen molar-refractivity contribution in [3.63, 3.8) is 0 Å². The molecule has 1 aliphatic rings. The van der Waals surface area contributed by atoms with Gasteiger partial charge in [-0.15, -0.1) is 0 Å². The molecule has 0 fully saturated rings. The molecule has 4 rings (SSSR count). The number of ether oxygens (including phenoxy) is 2. The molecule has 0 saturated carbocycles. The average molecular weight is 456 g/mol. The van der Waals surface area contributed by atoms with E-state index < -0.39 is 21.8 Å². The molecule has 8 heteroatoms. The maximum Gasteiger partial charge on any atom is 0.338 e. The standard InChI is InChI=1S/C24H22FNO5S/c1-17-15-18-7-2-4-11-22(18)26(17)32(28,29)20-9-6-8-19(16-20)24(27)31-14-13-30-23-12-5-3-10-21(23)25/h2-12,16-17H,13-15H2,1H3/t17-/m0/s1. The lowest BCUT2D eigenvalue weighted by Crippen LogP contribution is -2.35. The molecule has 1 aliphatic heterocycles. The topological polar surface area (TPSA) is 72.9 Å². The molecule has 0 bridgehead atoms. The number of halogens is 1. The first-order valence-electron chi connectivity index (χ1n) is 10.1. The van der Waals surface area contributed by atoms with E-state index in [0.29, 0.717) is 12.1 Å². The van der Waals surface area contributed by atoms with Gasteiger partial charge in [-0.25, -0.2) is 17.6 Å². The van der Waals surface area contributed by atoms with E-state index in [2.05, 4.69) is 0 Å². The van der Waals surface area contributed by atoms with Crippen LogP contribution in [0.5, 0.6) is 5.75 Å². The highest BCUT2D eigenvalue weighted by Gasteiger charge is 2.36. The Kier molecular flexibility index (Phi) is 6.14. The molecule has 0 amide bonds. The third-order valence-electron chi connectivity index (χ3n) is 5.18. The summed E-state index contributed by atoms with van der Waals surface area (Å²) in [6, 6.07) is 18.8. The van der Waals surface area contributed by atoms with Crippen molar-refractivity contribution < 1.29 is 27.1 Å². The number of fused-ring (bicyclic) bond motifs is 1. The highest BCUT2D eigenvalue weighted by Crippen LogP contribution is 2.36. The van der Waals surface area contributed by atoms with Crippen LogP contribution in [0.3, 0.4) is 0 Å². The monoisotopic (exact) mass is 455 g/mol. The van der Waals surface area contributed by atoms with E-state index in [9.17, 15) is 17.6 Å². The molecule has 166 valence electrons. The Morgan fingerprint density at radius 2 is 1.78 bits per heavy atom. The van der Waals surface area contributed by atoms with Crippen LogP contribution in [-0.4, -0.2) is 33.6 Å². The molecule has 3 aromatic carbocycles. The lowest BCUT2D eigenvalue weighted by Gasteiger charge is -2.24. The third kappa shape index (κ3) is 4.31. The van der Waals surface area contributed by atoms with Gasteiger partial charge in [-0.1, -0.05) is 36.4 Å². The second kappa shape index (κ2) is 9.00. The number of para-hydroxylation sites is 2. The SMILES string of the molecule is C[C@H]1Cc2ccccc2N1S(=O)(=O)c1cccc(C(=O)OCCOc2ccccc2F)c1. The summed E-state index contributed by atoms with van der Waals surface area (Å²) < 4.78 is 52.1. The maximum atomic E-state index is 13.6. The Morgan fingerprint density at radius 3 is 2.59 bits per heavy atom. The number of carbonyl (C=O) groups is 1. The number of hydrogen-bond acceptors (Lipinski definition) is 5. The molecule has 0 spiro atoms. The Morgan fingerprint density at radius 1 is 1.03 bits per heavy atom. The van der Waals surface area contributed by atoms with Crippen molar-refractivity contribution in [1.82, 2.24) is 0 Å². The maximum absolute atomic E-state index is 13.6. The van der Waals surface area contributed by atoms with Crippen molar-refractivity contribution in [3.05, 3.63) is 89.7 Å². The van der Waals surface area contributed by atoms with Crippen LogP contribution in [0.2, 0.25) is 0 Å². The van der Waals surface area contributed by atoms with Gasteiger partial charge >= 0.3 is 5.97 Å². The van der Waals surface area contributed by atoms with E-state index in [1.165, 1.54) is 40.7 Å². The van der Waals surface area contributed by atoms with Crippen molar-refractivity contribution in [2.75, 3.05) is 17.5 Å². The Labute approximate surface area is 186 Å². The van der Waals surface area contributed by atoms with Crippen molar-refractivity contribution in [3.8, 4) is 5.75 Å². The molecule has 32 heavy (non-hydrogen) atoms. The Bertz CT molecular complexity index is 1240. The fourth-order valence-electron chi connectivity index (χ4n) is 3.73. The van der Waals surface area contributed by atoms with Gasteiger partial charge in [0.25, 0.3) is 10.0 Å². The van der Waals surface area contributed by atoms with Crippen LogP contribution in [0, 0.1) is 5.82 Å². The van der Waals surface area contributed by atoms with Crippen LogP contribution in [0.25, 0.3) is 0 Å². The number of anilines is 1. The van der Waals surface area contributed by atoms with E-state index in [-0.39, 0.29) is 35.5 Å². The highest BCUT2D eigenvalue weighted by molar-refractivity contribution is 7.92. The molecule has 0 aliphatic carbocycles. The molecular formula is C24H22FNO5S. The zero-order valence-electron chi connectivity index (χ0n) is 17.4. The first-order valence-corrected chi connectivity index (χ1v) is 11.6. The quantitative estimate of drug-likeness (QED) is 0.394. The molecule has 0 unspecified atom stereocenters. The molecule has 0 radical (unpaired) electrons. The van der Waals surface area contributed by atoms with Gasteiger partial charge < -0.3 is 9.47 Å². The molecule has 0 N–H and O–H groups in total. The van der Waals surface area contributed by atoms with Gasteiger partial charge in [-0.2, -0.15) is 0 Å². The van der Waals surface area contributed by atoms with Gasteiger partial charge in [0.05, 0.1) is 16.1 Å². The van der Waals surface area contributed by atoms with E-state index in [4.69, 9.17) is 9.47 Å². The van der Waals surface area contributed by atoms with Crippen LogP contribution in [0.15, 0.2) is 77.7 Å². The predicted octanol–water partition coefficient (Wildman–Crippen LogP) is 4.20. The van der Waals surface area contributed by atoms with Gasteiger partial charge in [0.15, 0.2) is 11.6 Å². The smallest absolute Gasteiger partial charge is 0.338 e. The molecule has 1 atom stereocenters. The summed E-state index contributed by atoms with van der Waals surface area (Å²) in [4.78, 5) is 12.4. The average Bonchev–Trinajstić information content (AvgIpc) is 3.14. The van der Waals surface area contributed by atoms with Crippen LogP contribution in [0.1, 0.15) is 22.8 Å². The van der Waals surface area contributed by atoms with Gasteiger partial charge in [0.1, 0.15) is 13.2 Å². The summed E-state index contributed by atoms with van der Waals surface area (Å²) >= 11 is 0.